The number of rotatable bonds is 1. The maximum absolute atomic E-state index is 12.8. The molecule has 2 fully saturated rings. The molecule has 3 rings (SSSR count). The Morgan fingerprint density at radius 3 is 2.29 bits per heavy atom. The maximum Gasteiger partial charge on any atom is 0.251 e. The van der Waals surface area contributed by atoms with Gasteiger partial charge < -0.3 is 5.73 Å². The van der Waals surface area contributed by atoms with Crippen LogP contribution in [-0.2, 0) is 0 Å². The second kappa shape index (κ2) is 2.38. The number of hydrogen-bond donors (Lipinski definition) is 1. The fourth-order valence-corrected chi connectivity index (χ4v) is 3.62. The average molecular weight is 199 g/mol. The van der Waals surface area contributed by atoms with Crippen LogP contribution in [0.3, 0.4) is 0 Å². The zero-order chi connectivity index (χ0) is 9.97. The lowest BCUT2D eigenvalue weighted by molar-refractivity contribution is -0.142. The van der Waals surface area contributed by atoms with E-state index in [0.717, 1.165) is 12.8 Å². The normalized spacial score (nSPS) is 46.6. The fourth-order valence-electron chi connectivity index (χ4n) is 3.62. The first-order valence-electron chi connectivity index (χ1n) is 5.34. The van der Waals surface area contributed by atoms with E-state index in [9.17, 15) is 8.78 Å². The van der Waals surface area contributed by atoms with E-state index in [1.54, 1.807) is 0 Å². The SMILES string of the molecule is NC1(C2CC3C=CC2C3)CC(F)(F)C1. The third-order valence-electron chi connectivity index (χ3n) is 4.19. The first-order chi connectivity index (χ1) is 6.49. The molecule has 0 aromatic heterocycles. The number of fused-ring (bicyclic) bond motifs is 2. The minimum Gasteiger partial charge on any atom is -0.324 e. The molecular formula is C11H15F2N. The van der Waals surface area contributed by atoms with Gasteiger partial charge in [0, 0.05) is 18.4 Å². The Bertz CT molecular complexity index is 290. The highest BCUT2D eigenvalue weighted by Gasteiger charge is 2.60. The van der Waals surface area contributed by atoms with Gasteiger partial charge in [-0.25, -0.2) is 8.78 Å². The lowest BCUT2D eigenvalue weighted by atomic mass is 9.62. The molecule has 2 bridgehead atoms. The van der Waals surface area contributed by atoms with Crippen molar-refractivity contribution in [3.05, 3.63) is 12.2 Å². The number of nitrogens with two attached hydrogens (primary N) is 1. The molecule has 2 N–H and O–H groups in total. The fraction of sp³-hybridized carbons (Fsp3) is 0.818. The van der Waals surface area contributed by atoms with E-state index in [-0.39, 0.29) is 12.8 Å². The van der Waals surface area contributed by atoms with E-state index in [1.807, 2.05) is 0 Å². The largest absolute Gasteiger partial charge is 0.324 e. The van der Waals surface area contributed by atoms with Crippen LogP contribution in [0.5, 0.6) is 0 Å². The van der Waals surface area contributed by atoms with Gasteiger partial charge in [-0.15, -0.1) is 0 Å². The molecule has 2 saturated carbocycles. The molecule has 1 nitrogen and oxygen atoms in total. The van der Waals surface area contributed by atoms with Crippen molar-refractivity contribution in [2.75, 3.05) is 0 Å². The zero-order valence-corrected chi connectivity index (χ0v) is 8.05. The van der Waals surface area contributed by atoms with Crippen molar-refractivity contribution in [3.8, 4) is 0 Å². The van der Waals surface area contributed by atoms with Crippen LogP contribution >= 0.6 is 0 Å². The zero-order valence-electron chi connectivity index (χ0n) is 8.05. The molecule has 0 aromatic carbocycles. The second-order valence-electron chi connectivity index (χ2n) is 5.33. The Balaban J connectivity index is 1.76. The lowest BCUT2D eigenvalue weighted by Crippen LogP contribution is -2.63. The molecule has 3 atom stereocenters. The molecule has 0 saturated heterocycles. The third kappa shape index (κ3) is 1.08. The quantitative estimate of drug-likeness (QED) is 0.644. The van der Waals surface area contributed by atoms with Gasteiger partial charge >= 0.3 is 0 Å². The molecule has 0 heterocycles. The predicted molar refractivity (Wildman–Crippen MR) is 49.9 cm³/mol. The molecule has 0 aromatic rings. The summed E-state index contributed by atoms with van der Waals surface area (Å²) in [7, 11) is 0. The minimum atomic E-state index is -2.49. The number of allylic oxidation sites excluding steroid dienone is 2. The van der Waals surface area contributed by atoms with Crippen molar-refractivity contribution in [2.45, 2.75) is 37.1 Å². The van der Waals surface area contributed by atoms with E-state index >= 15 is 0 Å². The predicted octanol–water partition coefficient (Wildman–Crippen LogP) is 2.33. The Labute approximate surface area is 82.4 Å². The van der Waals surface area contributed by atoms with Gasteiger partial charge in [-0.2, -0.15) is 0 Å². The van der Waals surface area contributed by atoms with Crippen molar-refractivity contribution in [3.63, 3.8) is 0 Å². The van der Waals surface area contributed by atoms with Crippen molar-refractivity contribution >= 4 is 0 Å². The third-order valence-corrected chi connectivity index (χ3v) is 4.19. The van der Waals surface area contributed by atoms with E-state index in [2.05, 4.69) is 12.2 Å². The van der Waals surface area contributed by atoms with Crippen LogP contribution in [0.2, 0.25) is 0 Å². The Morgan fingerprint density at radius 2 is 1.86 bits per heavy atom. The van der Waals surface area contributed by atoms with Gasteiger partial charge in [-0.3, -0.25) is 0 Å². The van der Waals surface area contributed by atoms with Gasteiger partial charge in [0.25, 0.3) is 5.92 Å². The van der Waals surface area contributed by atoms with Crippen molar-refractivity contribution in [2.24, 2.45) is 23.5 Å². The standard InChI is InChI=1S/C11H15F2N/c12-11(13)5-10(14,6-11)9-4-7-1-2-8(9)3-7/h1-2,7-9H,3-6,14H2. The molecular weight excluding hydrogens is 184 g/mol. The summed E-state index contributed by atoms with van der Waals surface area (Å²) in [4.78, 5) is 0. The van der Waals surface area contributed by atoms with Crippen molar-refractivity contribution in [1.29, 1.82) is 0 Å². The van der Waals surface area contributed by atoms with Crippen LogP contribution in [0.1, 0.15) is 25.7 Å². The van der Waals surface area contributed by atoms with Gasteiger partial charge in [0.15, 0.2) is 0 Å². The van der Waals surface area contributed by atoms with Gasteiger partial charge in [0.1, 0.15) is 0 Å². The van der Waals surface area contributed by atoms with Gasteiger partial charge in [0.2, 0.25) is 0 Å². The minimum absolute atomic E-state index is 0.0955. The van der Waals surface area contributed by atoms with Crippen LogP contribution in [0, 0.1) is 17.8 Å². The summed E-state index contributed by atoms with van der Waals surface area (Å²) < 4.78 is 25.7. The molecule has 78 valence electrons. The summed E-state index contributed by atoms with van der Waals surface area (Å²) in [5.74, 6) is -1.06. The Hall–Kier alpha value is -0.440. The highest BCUT2D eigenvalue weighted by Crippen LogP contribution is 2.56. The number of alkyl halides is 2. The summed E-state index contributed by atoms with van der Waals surface area (Å²) in [5, 5.41) is 0. The molecule has 3 unspecified atom stereocenters. The summed E-state index contributed by atoms with van der Waals surface area (Å²) >= 11 is 0. The summed E-state index contributed by atoms with van der Waals surface area (Å²) in [6, 6.07) is 0. The first kappa shape index (κ1) is 8.84. The Kier molecular flexibility index (Phi) is 1.50. The Morgan fingerprint density at radius 1 is 1.14 bits per heavy atom. The smallest absolute Gasteiger partial charge is 0.251 e. The molecule has 14 heavy (non-hydrogen) atoms. The molecule has 0 spiro atoms. The van der Waals surface area contributed by atoms with Crippen LogP contribution in [0.15, 0.2) is 12.2 Å². The van der Waals surface area contributed by atoms with E-state index < -0.39 is 11.5 Å². The van der Waals surface area contributed by atoms with Gasteiger partial charge in [-0.05, 0) is 30.6 Å². The van der Waals surface area contributed by atoms with Crippen LogP contribution in [0.4, 0.5) is 8.78 Å². The molecule has 3 aliphatic carbocycles. The first-order valence-corrected chi connectivity index (χ1v) is 5.34. The second-order valence-corrected chi connectivity index (χ2v) is 5.33. The summed E-state index contributed by atoms with van der Waals surface area (Å²) in [6.45, 7) is 0. The van der Waals surface area contributed by atoms with E-state index in [1.165, 1.54) is 0 Å². The van der Waals surface area contributed by atoms with Crippen LogP contribution < -0.4 is 5.73 Å². The molecule has 3 heteroatoms. The monoisotopic (exact) mass is 199 g/mol. The molecule has 3 aliphatic rings. The number of halogens is 2. The van der Waals surface area contributed by atoms with E-state index in [0.29, 0.717) is 17.8 Å². The van der Waals surface area contributed by atoms with Crippen LogP contribution in [0.25, 0.3) is 0 Å². The molecule has 0 amide bonds. The summed E-state index contributed by atoms with van der Waals surface area (Å²) in [6.07, 6.45) is 6.40. The maximum atomic E-state index is 12.8. The van der Waals surface area contributed by atoms with Crippen LogP contribution in [-0.4, -0.2) is 11.5 Å². The highest BCUT2D eigenvalue weighted by molar-refractivity contribution is 5.19. The molecule has 0 aliphatic heterocycles. The topological polar surface area (TPSA) is 26.0 Å². The summed E-state index contributed by atoms with van der Waals surface area (Å²) in [5.41, 5.74) is 5.49. The highest BCUT2D eigenvalue weighted by atomic mass is 19.3. The lowest BCUT2D eigenvalue weighted by Gasteiger charge is -2.50. The van der Waals surface area contributed by atoms with Gasteiger partial charge in [-0.1, -0.05) is 12.2 Å². The number of hydrogen-bond acceptors (Lipinski definition) is 1. The van der Waals surface area contributed by atoms with Gasteiger partial charge in [0.05, 0.1) is 0 Å². The average Bonchev–Trinajstić information content (AvgIpc) is 2.59. The molecule has 0 radical (unpaired) electrons. The van der Waals surface area contributed by atoms with E-state index in [4.69, 9.17) is 5.73 Å². The van der Waals surface area contributed by atoms with Crippen molar-refractivity contribution in [1.82, 2.24) is 0 Å². The van der Waals surface area contributed by atoms with Crippen molar-refractivity contribution < 1.29 is 8.78 Å².